The van der Waals surface area contributed by atoms with Crippen LogP contribution in [0.4, 0.5) is 5.82 Å². The fourth-order valence-corrected chi connectivity index (χ4v) is 13.2. The van der Waals surface area contributed by atoms with Crippen LogP contribution in [0.1, 0.15) is 123 Å². The van der Waals surface area contributed by atoms with Gasteiger partial charge in [0.25, 0.3) is 11.8 Å². The number of carbonyl (C=O) groups excluding carboxylic acids is 14. The number of rotatable bonds is 41. The van der Waals surface area contributed by atoms with Gasteiger partial charge in [-0.2, -0.15) is 5.11 Å². The van der Waals surface area contributed by atoms with E-state index in [1.807, 2.05) is 0 Å². The number of aliphatic carboxylic acids is 2. The van der Waals surface area contributed by atoms with Gasteiger partial charge in [-0.25, -0.2) is 10.2 Å². The molecule has 2 aliphatic rings. The summed E-state index contributed by atoms with van der Waals surface area (Å²) in [5.74, 6) is -16.6. The number of benzene rings is 4. The maximum Gasteiger partial charge on any atom is 0.305 e. The van der Waals surface area contributed by atoms with Gasteiger partial charge in [0.05, 0.1) is 50.1 Å². The average molecular weight is 1770 g/mol. The minimum Gasteiger partial charge on any atom is -0.481 e. The van der Waals surface area contributed by atoms with Gasteiger partial charge < -0.3 is 107 Å². The first-order valence-electron chi connectivity index (χ1n) is 40.1. The highest BCUT2D eigenvalue weighted by Crippen LogP contribution is 2.25. The largest absolute Gasteiger partial charge is 0.481 e. The number of carboxylic acid groups (broad SMARTS) is 2. The Balaban J connectivity index is 1.12. The van der Waals surface area contributed by atoms with Crippen LogP contribution in [-0.2, 0) is 101 Å². The van der Waals surface area contributed by atoms with Crippen molar-refractivity contribution in [3.8, 4) is 0 Å². The molecule has 0 radical (unpaired) electrons. The van der Waals surface area contributed by atoms with Gasteiger partial charge in [0.1, 0.15) is 60.1 Å². The number of nitrogens with one attached hydrogen (secondary N) is 18. The maximum atomic E-state index is 14.8. The second-order valence-corrected chi connectivity index (χ2v) is 29.6. The van der Waals surface area contributed by atoms with Gasteiger partial charge in [-0.15, -0.1) is 9.45 Å². The van der Waals surface area contributed by atoms with Crippen molar-refractivity contribution in [1.82, 2.24) is 90.1 Å². The Morgan fingerprint density at radius 1 is 0.516 bits per heavy atom. The molecule has 126 heavy (non-hydrogen) atoms. The number of azo groups is 1. The zero-order chi connectivity index (χ0) is 91.3. The molecule has 0 saturated carbocycles. The summed E-state index contributed by atoms with van der Waals surface area (Å²) in [6.07, 6.45) is -0.806. The van der Waals surface area contributed by atoms with Crippen LogP contribution >= 0.6 is 12.0 Å². The Hall–Kier alpha value is -14.3. The van der Waals surface area contributed by atoms with E-state index in [0.29, 0.717) is 27.1 Å². The third-order valence-electron chi connectivity index (χ3n) is 19.1. The summed E-state index contributed by atoms with van der Waals surface area (Å²) in [5.41, 5.74) is 12.6. The SMILES string of the molecule is N=C(N)NCCC[C@@H]1NC(=O)[C@H](CCCCNC(=O)CCC(NC(=O)C(=Cc2ccccc2)NC(=O)c2ccc(N=NCc3ccccc3SOOO)nc2)C(=O)NCCCC[C@@H]2NC(=O)[C@@H](Cc3ccccc3)NC(=O)[C@H](CC(=O)O)NC(=O)CNC(=O)[C@H](CCCNC(=N)N)NC2=O)NC(=O)[C@@H](Cc2ccccc2)NC(=O)[C@H](CC(=O)O)NC(=O)CNC1=O. The van der Waals surface area contributed by atoms with Crippen LogP contribution in [0.5, 0.6) is 0 Å². The minimum absolute atomic E-state index is 0.00804. The van der Waals surface area contributed by atoms with E-state index in [1.165, 1.54) is 24.4 Å². The molecule has 7 rings (SSSR count). The Morgan fingerprint density at radius 2 is 0.952 bits per heavy atom. The minimum atomic E-state index is -1.75. The van der Waals surface area contributed by atoms with E-state index in [2.05, 4.69) is 110 Å². The zero-order valence-corrected chi connectivity index (χ0v) is 69.1. The number of unbranched alkanes of at least 4 members (excludes halogenated alkanes) is 2. The molecule has 14 amide bonds. The van der Waals surface area contributed by atoms with Crippen molar-refractivity contribution in [3.63, 3.8) is 0 Å². The quantitative estimate of drug-likeness (QED) is 0.00310. The molecule has 3 heterocycles. The zero-order valence-electron chi connectivity index (χ0n) is 68.3. The predicted molar refractivity (Wildman–Crippen MR) is 451 cm³/mol. The number of pyridine rings is 1. The lowest BCUT2D eigenvalue weighted by molar-refractivity contribution is -0.432. The second kappa shape index (κ2) is 52.9. The maximum absolute atomic E-state index is 14.8. The van der Waals surface area contributed by atoms with Gasteiger partial charge in [0.2, 0.25) is 70.9 Å². The number of hydrogen-bond donors (Lipinski definition) is 23. The van der Waals surface area contributed by atoms with Crippen LogP contribution in [-0.4, -0.2) is 221 Å². The Morgan fingerprint density at radius 3 is 1.43 bits per heavy atom. The van der Waals surface area contributed by atoms with E-state index >= 15 is 0 Å². The van der Waals surface area contributed by atoms with Crippen molar-refractivity contribution in [2.24, 2.45) is 21.7 Å². The normalized spacial score (nSPS) is 19.1. The summed E-state index contributed by atoms with van der Waals surface area (Å²) >= 11 is 0.730. The van der Waals surface area contributed by atoms with Crippen molar-refractivity contribution in [2.45, 2.75) is 169 Å². The van der Waals surface area contributed by atoms with Crippen molar-refractivity contribution in [1.29, 1.82) is 10.8 Å². The molecule has 5 aromatic rings. The van der Waals surface area contributed by atoms with Crippen LogP contribution < -0.4 is 96.5 Å². The van der Waals surface area contributed by atoms with Crippen molar-refractivity contribution in [3.05, 3.63) is 167 Å². The first kappa shape index (κ1) is 98.8. The standard InChI is InChI=1S/C81H103N23O21S/c82-80(83)88-36-16-27-52-71(114)91-45-65(106)94-60(41-67(108)109)78(121)102-58(39-48-20-6-2-7-21-48)76(119)98-54(73(116)96-52)25-12-14-34-86-64(105)33-31-56(100-75(118)57(38-47-18-4-1-5-19-47)101-69(112)51-30-32-63(90-43-51)104-93-44-50-24-10-11-29-62(50)126-125-124-123)70(113)87-35-15-13-26-55-74(117)97-53(28-17-37-89-81(84)85)72(115)92-46-66(107)95-61(42-68(110)111)79(122)103-59(77(120)99-55)40-49-22-8-3-9-23-49/h1-11,18-24,29-30,32,38,43,52-56,58-61,123H,12-17,25-28,31,33-37,39-42,44-46H2,(H,86,105)(H,87,113)(H,91,114)(H,92,115)(H,94,106)(H,95,107)(H,96,116)(H,97,117)(H,98,119)(H,99,120)(H,100,118)(H,101,112)(H,102,121)(H,103,122)(H,108,109)(H,110,111)(H4,82,83,88)(H4,84,85,89)/t52-,53-,54-,55-,56?,58+,59+,60-,61-/m0/s1. The van der Waals surface area contributed by atoms with Crippen LogP contribution in [0.2, 0.25) is 0 Å². The topological polar surface area (TPSA) is 682 Å². The van der Waals surface area contributed by atoms with Crippen molar-refractivity contribution < 1.29 is 102 Å². The molecule has 2 saturated heterocycles. The van der Waals surface area contributed by atoms with Gasteiger partial charge in [0, 0.05) is 56.5 Å². The van der Waals surface area contributed by atoms with Crippen LogP contribution in [0.25, 0.3) is 6.08 Å². The van der Waals surface area contributed by atoms with E-state index < -0.39 is 193 Å². The first-order valence-corrected chi connectivity index (χ1v) is 40.9. The lowest BCUT2D eigenvalue weighted by Crippen LogP contribution is -2.58. The first-order chi connectivity index (χ1) is 60.5. The lowest BCUT2D eigenvalue weighted by atomic mass is 10.0. The highest BCUT2D eigenvalue weighted by atomic mass is 32.2. The molecular weight excluding hydrogens is 1660 g/mol. The number of nitrogens with zero attached hydrogens (tertiary/aromatic N) is 3. The third kappa shape index (κ3) is 36.0. The third-order valence-corrected chi connectivity index (χ3v) is 19.8. The summed E-state index contributed by atoms with van der Waals surface area (Å²) in [7, 11) is 0. The monoisotopic (exact) mass is 1770 g/mol. The van der Waals surface area contributed by atoms with E-state index in [-0.39, 0.29) is 133 Å². The average Bonchev–Trinajstić information content (AvgIpc) is 1.64. The molecule has 674 valence electrons. The summed E-state index contributed by atoms with van der Waals surface area (Å²) in [4.78, 5) is 226. The van der Waals surface area contributed by atoms with Crippen molar-refractivity contribution >= 4 is 130 Å². The lowest BCUT2D eigenvalue weighted by Gasteiger charge is -2.26. The smallest absolute Gasteiger partial charge is 0.305 e. The fraction of sp³-hybridized carbons (Fsp3) is 0.395. The molecule has 1 unspecified atom stereocenters. The summed E-state index contributed by atoms with van der Waals surface area (Å²) in [5, 5.41) is 96.1. The molecule has 0 spiro atoms. The van der Waals surface area contributed by atoms with Crippen LogP contribution in [0.15, 0.2) is 154 Å². The number of carbonyl (C=O) groups is 16. The molecular formula is C81H103N23O21S. The van der Waals surface area contributed by atoms with Gasteiger partial charge in [-0.1, -0.05) is 114 Å². The van der Waals surface area contributed by atoms with Crippen LogP contribution in [0.3, 0.4) is 0 Å². The van der Waals surface area contributed by atoms with E-state index in [4.69, 9.17) is 27.5 Å². The number of carboxylic acids is 2. The molecule has 1 aromatic heterocycles. The second-order valence-electron chi connectivity index (χ2n) is 28.8. The fourth-order valence-electron chi connectivity index (χ4n) is 12.7. The Kier molecular flexibility index (Phi) is 41.4. The van der Waals surface area contributed by atoms with Gasteiger partial charge >= 0.3 is 11.9 Å². The molecule has 45 heteroatoms. The molecule has 0 bridgehead atoms. The summed E-state index contributed by atoms with van der Waals surface area (Å²) in [6.45, 7) is -1.69. The van der Waals surface area contributed by atoms with E-state index in [1.54, 1.807) is 115 Å². The number of guanidine groups is 2. The molecule has 4 aromatic carbocycles. The van der Waals surface area contributed by atoms with Gasteiger partial charge in [-0.05, 0) is 117 Å². The molecule has 0 aliphatic carbocycles. The molecule has 44 nitrogen and oxygen atoms in total. The summed E-state index contributed by atoms with van der Waals surface area (Å²) < 4.78 is 4.56. The number of aromatic nitrogens is 1. The Labute approximate surface area is 726 Å². The predicted octanol–water partition coefficient (Wildman–Crippen LogP) is -1.50. The van der Waals surface area contributed by atoms with Crippen molar-refractivity contribution in [2.75, 3.05) is 39.3 Å². The number of nitrogens with two attached hydrogens (primary N) is 2. The molecule has 2 fully saturated rings. The van der Waals surface area contributed by atoms with E-state index in [0.717, 1.165) is 12.0 Å². The number of hydrogen-bond acceptors (Lipinski definition) is 25. The highest BCUT2D eigenvalue weighted by Gasteiger charge is 2.37. The molecule has 2 aliphatic heterocycles. The van der Waals surface area contributed by atoms with Gasteiger partial charge in [0.15, 0.2) is 17.7 Å². The van der Waals surface area contributed by atoms with Crippen LogP contribution in [0, 0.1) is 10.8 Å². The van der Waals surface area contributed by atoms with Gasteiger partial charge in [-0.3, -0.25) is 87.5 Å². The summed E-state index contributed by atoms with van der Waals surface area (Å²) in [6, 6.07) is 20.7. The highest BCUT2D eigenvalue weighted by molar-refractivity contribution is 7.94. The van der Waals surface area contributed by atoms with E-state index in [9.17, 15) is 86.9 Å². The Bertz CT molecular complexity index is 4690. The molecule has 25 N–H and O–H groups in total. The number of amides is 14. The molecule has 9 atom stereocenters.